The van der Waals surface area contributed by atoms with E-state index in [9.17, 15) is 0 Å². The third-order valence-electron chi connectivity index (χ3n) is 8.06. The average molecular weight is 542 g/mol. The van der Waals surface area contributed by atoms with Crippen molar-refractivity contribution in [2.24, 2.45) is 0 Å². The molecule has 0 saturated carbocycles. The predicted octanol–water partition coefficient (Wildman–Crippen LogP) is 7.69. The van der Waals surface area contributed by atoms with E-state index in [0.717, 1.165) is 67.3 Å². The number of para-hydroxylation sites is 2. The number of aromatic nitrogens is 7. The van der Waals surface area contributed by atoms with Gasteiger partial charge in [-0.15, -0.1) is 0 Å². The number of imidazole rings is 2. The predicted molar refractivity (Wildman–Crippen MR) is 167 cm³/mol. The van der Waals surface area contributed by atoms with E-state index in [-0.39, 0.29) is 0 Å². The van der Waals surface area contributed by atoms with Gasteiger partial charge in [-0.05, 0) is 55.5 Å². The Bertz CT molecular complexity index is 2440. The summed E-state index contributed by atoms with van der Waals surface area (Å²) in [7, 11) is 0. The highest BCUT2D eigenvalue weighted by Crippen LogP contribution is 2.33. The van der Waals surface area contributed by atoms with Gasteiger partial charge in [0.2, 0.25) is 5.78 Å². The Morgan fingerprint density at radius 1 is 0.595 bits per heavy atom. The van der Waals surface area contributed by atoms with Crippen LogP contribution in [0.5, 0.6) is 0 Å². The molecule has 0 aliphatic heterocycles. The number of hydrogen-bond acceptors (Lipinski definition) is 4. The lowest BCUT2D eigenvalue weighted by Crippen LogP contribution is -1.99. The first-order valence-electron chi connectivity index (χ1n) is 13.9. The fourth-order valence-electron chi connectivity index (χ4n) is 6.23. The van der Waals surface area contributed by atoms with E-state index in [1.165, 1.54) is 10.8 Å². The Kier molecular flexibility index (Phi) is 4.69. The molecule has 0 atom stereocenters. The topological polar surface area (TPSA) is 65.8 Å². The van der Waals surface area contributed by atoms with Gasteiger partial charge >= 0.3 is 0 Å². The summed E-state index contributed by atoms with van der Waals surface area (Å²) >= 11 is 0. The molecule has 7 nitrogen and oxygen atoms in total. The van der Waals surface area contributed by atoms with Crippen molar-refractivity contribution in [1.29, 1.82) is 0 Å². The molecule has 42 heavy (non-hydrogen) atoms. The minimum absolute atomic E-state index is 0.824. The molecule has 0 aliphatic rings. The zero-order valence-electron chi connectivity index (χ0n) is 22.7. The van der Waals surface area contributed by atoms with Crippen LogP contribution >= 0.6 is 0 Å². The van der Waals surface area contributed by atoms with Crippen LogP contribution in [0.25, 0.3) is 72.4 Å². The molecule has 0 spiro atoms. The van der Waals surface area contributed by atoms with Crippen LogP contribution in [0.4, 0.5) is 0 Å². The maximum atomic E-state index is 5.19. The van der Waals surface area contributed by atoms with Gasteiger partial charge in [-0.3, -0.25) is 23.5 Å². The average Bonchev–Trinajstić information content (AvgIpc) is 3.68. The van der Waals surface area contributed by atoms with Crippen molar-refractivity contribution in [3.8, 4) is 22.8 Å². The Hall–Kier alpha value is -5.82. The van der Waals surface area contributed by atoms with Gasteiger partial charge in [-0.1, -0.05) is 54.6 Å². The quantitative estimate of drug-likeness (QED) is 0.230. The molecule has 0 bridgehead atoms. The summed E-state index contributed by atoms with van der Waals surface area (Å²) in [5.74, 6) is 1.71. The molecule has 0 amide bonds. The van der Waals surface area contributed by atoms with Crippen LogP contribution in [0.2, 0.25) is 0 Å². The van der Waals surface area contributed by atoms with E-state index in [1.807, 2.05) is 25.4 Å². The van der Waals surface area contributed by atoms with Gasteiger partial charge in [0.25, 0.3) is 0 Å². The molecule has 198 valence electrons. The number of rotatable bonds is 3. The normalized spacial score (nSPS) is 11.9. The summed E-state index contributed by atoms with van der Waals surface area (Å²) in [6.07, 6.45) is 5.58. The van der Waals surface area contributed by atoms with Gasteiger partial charge in [-0.25, -0.2) is 9.97 Å². The molecular weight excluding hydrogens is 518 g/mol. The Balaban J connectivity index is 1.25. The van der Waals surface area contributed by atoms with Crippen molar-refractivity contribution in [2.75, 3.05) is 0 Å². The highest BCUT2D eigenvalue weighted by atomic mass is 15.2. The molecule has 6 aromatic heterocycles. The van der Waals surface area contributed by atoms with E-state index in [1.54, 1.807) is 6.20 Å². The SMILES string of the molecule is Cc1cc2c(cn1)n(-c1cccc(-c3cccc(-n4c5ccccc5c5ccccc54)n3)c1)c1nc3ccncc3n21. The van der Waals surface area contributed by atoms with Crippen LogP contribution in [-0.4, -0.2) is 33.5 Å². The molecule has 0 N–H and O–H groups in total. The Morgan fingerprint density at radius 3 is 2.21 bits per heavy atom. The molecule has 9 rings (SSSR count). The van der Waals surface area contributed by atoms with Crippen LogP contribution in [0.15, 0.2) is 122 Å². The maximum Gasteiger partial charge on any atom is 0.220 e. The highest BCUT2D eigenvalue weighted by Gasteiger charge is 2.19. The van der Waals surface area contributed by atoms with Crippen LogP contribution in [0.1, 0.15) is 5.69 Å². The molecule has 0 unspecified atom stereocenters. The molecule has 0 saturated heterocycles. The van der Waals surface area contributed by atoms with Crippen molar-refractivity contribution in [3.05, 3.63) is 127 Å². The molecule has 7 heteroatoms. The molecular formula is C35H23N7. The summed E-state index contributed by atoms with van der Waals surface area (Å²) in [6.45, 7) is 2.01. The van der Waals surface area contributed by atoms with Crippen molar-refractivity contribution in [2.45, 2.75) is 6.92 Å². The van der Waals surface area contributed by atoms with Gasteiger partial charge in [0, 0.05) is 33.9 Å². The van der Waals surface area contributed by atoms with Crippen LogP contribution < -0.4 is 0 Å². The number of fused-ring (bicyclic) bond motifs is 8. The van der Waals surface area contributed by atoms with Crippen molar-refractivity contribution >= 4 is 49.7 Å². The standard InChI is InChI=1S/C35H23N7/c1-22-18-31-33(21-37-22)40(35-39-28-16-17-36-20-32(28)42(31)35)24-9-6-8-23(19-24)27-12-7-15-34(38-27)41-29-13-4-2-10-25(29)26-11-3-5-14-30(26)41/h2-21H,1H3. The van der Waals surface area contributed by atoms with Gasteiger partial charge in [0.15, 0.2) is 0 Å². The lowest BCUT2D eigenvalue weighted by Gasteiger charge is -2.11. The fourth-order valence-corrected chi connectivity index (χ4v) is 6.23. The number of hydrogen-bond donors (Lipinski definition) is 0. The van der Waals surface area contributed by atoms with E-state index in [0.29, 0.717) is 0 Å². The van der Waals surface area contributed by atoms with Crippen LogP contribution in [0.3, 0.4) is 0 Å². The zero-order valence-corrected chi connectivity index (χ0v) is 22.7. The second-order valence-corrected chi connectivity index (χ2v) is 10.6. The van der Waals surface area contributed by atoms with Gasteiger partial charge < -0.3 is 0 Å². The molecule has 0 fully saturated rings. The number of aryl methyl sites for hydroxylation is 1. The molecule has 6 heterocycles. The lowest BCUT2D eigenvalue weighted by atomic mass is 10.1. The van der Waals surface area contributed by atoms with Crippen molar-refractivity contribution < 1.29 is 0 Å². The van der Waals surface area contributed by atoms with Gasteiger partial charge in [0.1, 0.15) is 5.82 Å². The van der Waals surface area contributed by atoms with E-state index >= 15 is 0 Å². The second kappa shape index (κ2) is 8.59. The van der Waals surface area contributed by atoms with Gasteiger partial charge in [-0.2, -0.15) is 0 Å². The second-order valence-electron chi connectivity index (χ2n) is 10.6. The van der Waals surface area contributed by atoms with Crippen LogP contribution in [-0.2, 0) is 0 Å². The van der Waals surface area contributed by atoms with E-state index in [2.05, 4.69) is 121 Å². The van der Waals surface area contributed by atoms with E-state index in [4.69, 9.17) is 9.97 Å². The minimum atomic E-state index is 0.824. The van der Waals surface area contributed by atoms with E-state index < -0.39 is 0 Å². The summed E-state index contributed by atoms with van der Waals surface area (Å²) < 4.78 is 6.58. The third-order valence-corrected chi connectivity index (χ3v) is 8.06. The van der Waals surface area contributed by atoms with Crippen molar-refractivity contribution in [1.82, 2.24) is 33.5 Å². The first kappa shape index (κ1) is 22.9. The largest absolute Gasteiger partial charge is 0.294 e. The smallest absolute Gasteiger partial charge is 0.220 e. The van der Waals surface area contributed by atoms with Crippen LogP contribution in [0, 0.1) is 6.92 Å². The minimum Gasteiger partial charge on any atom is -0.294 e. The first-order chi connectivity index (χ1) is 20.7. The lowest BCUT2D eigenvalue weighted by molar-refractivity contribution is 1.08. The van der Waals surface area contributed by atoms with Gasteiger partial charge in [0.05, 0.1) is 51.2 Å². The number of pyridine rings is 3. The van der Waals surface area contributed by atoms with Crippen molar-refractivity contribution in [3.63, 3.8) is 0 Å². The monoisotopic (exact) mass is 541 g/mol. The number of nitrogens with zero attached hydrogens (tertiary/aromatic N) is 7. The summed E-state index contributed by atoms with van der Waals surface area (Å²) in [6, 6.07) is 35.8. The summed E-state index contributed by atoms with van der Waals surface area (Å²) in [5, 5.41) is 2.44. The third kappa shape index (κ3) is 3.22. The Labute approximate surface area is 240 Å². The molecule has 3 aromatic carbocycles. The summed E-state index contributed by atoms with van der Waals surface area (Å²) in [4.78, 5) is 19.2. The molecule has 9 aromatic rings. The maximum absolute atomic E-state index is 5.19. The fraction of sp³-hybridized carbons (Fsp3) is 0.0286. The summed E-state index contributed by atoms with van der Waals surface area (Å²) in [5.41, 5.74) is 10.0. The number of benzene rings is 3. The molecule has 0 aliphatic carbocycles. The first-order valence-corrected chi connectivity index (χ1v) is 13.9. The Morgan fingerprint density at radius 2 is 1.38 bits per heavy atom. The zero-order chi connectivity index (χ0) is 27.8. The molecule has 0 radical (unpaired) electrons. The highest BCUT2D eigenvalue weighted by molar-refractivity contribution is 6.09.